The molecule has 0 radical (unpaired) electrons. The molecular formula is C12H14N4O2. The Morgan fingerprint density at radius 1 is 1.44 bits per heavy atom. The zero-order valence-corrected chi connectivity index (χ0v) is 9.78. The molecule has 0 unspecified atom stereocenters. The van der Waals surface area contributed by atoms with Gasteiger partial charge < -0.3 is 10.4 Å². The maximum atomic E-state index is 11.8. The number of carbonyl (C=O) groups excluding carboxylic acids is 1. The van der Waals surface area contributed by atoms with Gasteiger partial charge in [-0.15, -0.1) is 0 Å². The molecule has 0 bridgehead atoms. The summed E-state index contributed by atoms with van der Waals surface area (Å²) in [5, 5.41) is 15.4. The van der Waals surface area contributed by atoms with Crippen LogP contribution in [0.25, 0.3) is 5.69 Å². The van der Waals surface area contributed by atoms with Gasteiger partial charge in [0.05, 0.1) is 5.69 Å². The highest BCUT2D eigenvalue weighted by Gasteiger charge is 2.07. The van der Waals surface area contributed by atoms with E-state index in [4.69, 9.17) is 5.11 Å². The van der Waals surface area contributed by atoms with Crippen molar-refractivity contribution in [3.8, 4) is 5.69 Å². The lowest BCUT2D eigenvalue weighted by atomic mass is 10.3. The molecule has 2 aromatic rings. The van der Waals surface area contributed by atoms with Crippen molar-refractivity contribution in [1.82, 2.24) is 20.1 Å². The second-order valence-electron chi connectivity index (χ2n) is 3.68. The fraction of sp³-hybridized carbons (Fsp3) is 0.250. The molecule has 0 atom stereocenters. The monoisotopic (exact) mass is 246 g/mol. The lowest BCUT2D eigenvalue weighted by Gasteiger charge is -2.05. The molecule has 1 amide bonds. The van der Waals surface area contributed by atoms with Gasteiger partial charge in [0.1, 0.15) is 5.69 Å². The number of nitrogens with zero attached hydrogens (tertiary/aromatic N) is 3. The summed E-state index contributed by atoms with van der Waals surface area (Å²) in [7, 11) is 0. The summed E-state index contributed by atoms with van der Waals surface area (Å²) in [6.45, 7) is 0.490. The summed E-state index contributed by atoms with van der Waals surface area (Å²) in [4.78, 5) is 15.8. The number of carbonyl (C=O) groups is 1. The van der Waals surface area contributed by atoms with Crippen molar-refractivity contribution < 1.29 is 9.90 Å². The van der Waals surface area contributed by atoms with Gasteiger partial charge in [-0.25, -0.2) is 4.68 Å². The number of hydrogen-bond donors (Lipinski definition) is 2. The first-order chi connectivity index (χ1) is 8.81. The molecule has 6 nitrogen and oxygen atoms in total. The summed E-state index contributed by atoms with van der Waals surface area (Å²) in [6.07, 6.45) is 5.56. The van der Waals surface area contributed by atoms with E-state index >= 15 is 0 Å². The van der Waals surface area contributed by atoms with Crippen LogP contribution in [-0.2, 0) is 0 Å². The van der Waals surface area contributed by atoms with Gasteiger partial charge in [-0.05, 0) is 24.6 Å². The molecule has 0 fully saturated rings. The molecule has 94 valence electrons. The van der Waals surface area contributed by atoms with Crippen molar-refractivity contribution in [3.05, 3.63) is 42.5 Å². The van der Waals surface area contributed by atoms with Gasteiger partial charge in [-0.1, -0.05) is 0 Å². The van der Waals surface area contributed by atoms with Gasteiger partial charge in [-0.2, -0.15) is 5.10 Å². The Labute approximate surface area is 104 Å². The summed E-state index contributed by atoms with van der Waals surface area (Å²) < 4.78 is 1.66. The molecule has 18 heavy (non-hydrogen) atoms. The molecule has 0 aliphatic heterocycles. The average Bonchev–Trinajstić information content (AvgIpc) is 2.93. The molecule has 2 heterocycles. The number of aliphatic hydroxyl groups is 1. The summed E-state index contributed by atoms with van der Waals surface area (Å²) in [5.74, 6) is -0.252. The zero-order valence-electron chi connectivity index (χ0n) is 9.78. The van der Waals surface area contributed by atoms with Crippen LogP contribution in [0.5, 0.6) is 0 Å². The second kappa shape index (κ2) is 5.92. The number of hydrogen-bond acceptors (Lipinski definition) is 4. The Balaban J connectivity index is 2.10. The number of nitrogens with one attached hydrogen (secondary N) is 1. The summed E-state index contributed by atoms with van der Waals surface area (Å²) >= 11 is 0. The largest absolute Gasteiger partial charge is 0.396 e. The van der Waals surface area contributed by atoms with E-state index < -0.39 is 0 Å². The molecule has 0 spiro atoms. The van der Waals surface area contributed by atoms with Crippen molar-refractivity contribution in [2.45, 2.75) is 6.42 Å². The number of aliphatic hydroxyl groups excluding tert-OH is 1. The minimum absolute atomic E-state index is 0.0566. The molecule has 2 N–H and O–H groups in total. The first kappa shape index (κ1) is 12.3. The van der Waals surface area contributed by atoms with E-state index in [0.29, 0.717) is 18.7 Å². The van der Waals surface area contributed by atoms with Crippen LogP contribution in [0, 0.1) is 0 Å². The van der Waals surface area contributed by atoms with E-state index in [1.54, 1.807) is 41.5 Å². The van der Waals surface area contributed by atoms with E-state index in [2.05, 4.69) is 15.4 Å². The molecule has 0 aromatic carbocycles. The van der Waals surface area contributed by atoms with Crippen LogP contribution < -0.4 is 5.32 Å². The smallest absolute Gasteiger partial charge is 0.269 e. The summed E-state index contributed by atoms with van der Waals surface area (Å²) in [5.41, 5.74) is 1.11. The topological polar surface area (TPSA) is 80.0 Å². The van der Waals surface area contributed by atoms with Crippen LogP contribution in [0.15, 0.2) is 36.8 Å². The summed E-state index contributed by atoms with van der Waals surface area (Å²) in [6, 6.07) is 5.25. The Kier molecular flexibility index (Phi) is 4.03. The molecule has 0 saturated heterocycles. The fourth-order valence-corrected chi connectivity index (χ4v) is 1.48. The number of amides is 1. The minimum Gasteiger partial charge on any atom is -0.396 e. The average molecular weight is 246 g/mol. The third-order valence-corrected chi connectivity index (χ3v) is 2.37. The lowest BCUT2D eigenvalue weighted by molar-refractivity contribution is 0.0946. The first-order valence-corrected chi connectivity index (χ1v) is 5.66. The van der Waals surface area contributed by atoms with Crippen molar-refractivity contribution in [2.75, 3.05) is 13.2 Å². The highest BCUT2D eigenvalue weighted by Crippen LogP contribution is 2.06. The predicted molar refractivity (Wildman–Crippen MR) is 65.4 cm³/mol. The van der Waals surface area contributed by atoms with Gasteiger partial charge >= 0.3 is 0 Å². The standard InChI is InChI=1S/C12H14N4O2/c17-8-2-4-14-12(18)11-9-10(3-6-13-11)16-7-1-5-15-16/h1,3,5-7,9,17H,2,4,8H2,(H,14,18). The lowest BCUT2D eigenvalue weighted by Crippen LogP contribution is -2.26. The van der Waals surface area contributed by atoms with Crippen LogP contribution in [0.4, 0.5) is 0 Å². The van der Waals surface area contributed by atoms with Gasteiger partial charge in [0, 0.05) is 31.7 Å². The van der Waals surface area contributed by atoms with Crippen molar-refractivity contribution in [1.29, 1.82) is 0 Å². The van der Waals surface area contributed by atoms with Crippen LogP contribution >= 0.6 is 0 Å². The SMILES string of the molecule is O=C(NCCCO)c1cc(-n2cccn2)ccn1. The van der Waals surface area contributed by atoms with Gasteiger partial charge in [0.25, 0.3) is 5.91 Å². The molecular weight excluding hydrogens is 232 g/mol. The Bertz CT molecular complexity index is 511. The number of pyridine rings is 1. The van der Waals surface area contributed by atoms with Crippen LogP contribution in [0.3, 0.4) is 0 Å². The van der Waals surface area contributed by atoms with Crippen molar-refractivity contribution in [2.24, 2.45) is 0 Å². The van der Waals surface area contributed by atoms with E-state index in [-0.39, 0.29) is 12.5 Å². The van der Waals surface area contributed by atoms with E-state index in [1.165, 1.54) is 0 Å². The van der Waals surface area contributed by atoms with Crippen LogP contribution in [0.2, 0.25) is 0 Å². The van der Waals surface area contributed by atoms with E-state index in [0.717, 1.165) is 5.69 Å². The highest BCUT2D eigenvalue weighted by molar-refractivity contribution is 5.92. The molecule has 2 rings (SSSR count). The number of rotatable bonds is 5. The van der Waals surface area contributed by atoms with Crippen LogP contribution in [0.1, 0.15) is 16.9 Å². The van der Waals surface area contributed by atoms with Gasteiger partial charge in [-0.3, -0.25) is 9.78 Å². The molecule has 0 saturated carbocycles. The Morgan fingerprint density at radius 2 is 2.33 bits per heavy atom. The zero-order chi connectivity index (χ0) is 12.8. The second-order valence-corrected chi connectivity index (χ2v) is 3.68. The maximum absolute atomic E-state index is 11.8. The third kappa shape index (κ3) is 2.92. The van der Waals surface area contributed by atoms with E-state index in [1.807, 2.05) is 0 Å². The Morgan fingerprint density at radius 3 is 3.06 bits per heavy atom. The number of aromatic nitrogens is 3. The van der Waals surface area contributed by atoms with Crippen LogP contribution in [-0.4, -0.2) is 38.9 Å². The normalized spacial score (nSPS) is 10.3. The fourth-order valence-electron chi connectivity index (χ4n) is 1.48. The molecule has 6 heteroatoms. The minimum atomic E-state index is -0.252. The quantitative estimate of drug-likeness (QED) is 0.747. The van der Waals surface area contributed by atoms with E-state index in [9.17, 15) is 4.79 Å². The highest BCUT2D eigenvalue weighted by atomic mass is 16.3. The Hall–Kier alpha value is -2.21. The third-order valence-electron chi connectivity index (χ3n) is 2.37. The molecule has 2 aromatic heterocycles. The molecule has 0 aliphatic rings. The first-order valence-electron chi connectivity index (χ1n) is 5.66. The molecule has 0 aliphatic carbocycles. The van der Waals surface area contributed by atoms with Crippen molar-refractivity contribution >= 4 is 5.91 Å². The maximum Gasteiger partial charge on any atom is 0.269 e. The van der Waals surface area contributed by atoms with Gasteiger partial charge in [0.2, 0.25) is 0 Å². The predicted octanol–water partition coefficient (Wildman–Crippen LogP) is 0.379. The van der Waals surface area contributed by atoms with Gasteiger partial charge in [0.15, 0.2) is 0 Å². The van der Waals surface area contributed by atoms with Crippen molar-refractivity contribution in [3.63, 3.8) is 0 Å².